The summed E-state index contributed by atoms with van der Waals surface area (Å²) in [5.74, 6) is -0.336. The van der Waals surface area contributed by atoms with Gasteiger partial charge in [0.1, 0.15) is 0 Å². The minimum Gasteiger partial charge on any atom is -0.466 e. The van der Waals surface area contributed by atoms with E-state index in [9.17, 15) is 9.59 Å². The number of halogens is 1. The average Bonchev–Trinajstić information content (AvgIpc) is 2.43. The maximum absolute atomic E-state index is 10.6. The van der Waals surface area contributed by atoms with Gasteiger partial charge < -0.3 is 9.47 Å². The number of esters is 2. The molecule has 0 saturated heterocycles. The lowest BCUT2D eigenvalue weighted by atomic mass is 10.3. The second kappa shape index (κ2) is 17.7. The van der Waals surface area contributed by atoms with Gasteiger partial charge in [0, 0.05) is 29.6 Å². The third-order valence-electron chi connectivity index (χ3n) is 1.83. The first-order valence-electron chi connectivity index (χ1n) is 6.50. The fourth-order valence-electron chi connectivity index (χ4n) is 1.02. The number of alkyl halides is 1. The molecule has 0 saturated carbocycles. The zero-order chi connectivity index (χ0) is 15.6. The highest BCUT2D eigenvalue weighted by molar-refractivity contribution is 9.09. The van der Waals surface area contributed by atoms with Crippen molar-refractivity contribution in [1.29, 1.82) is 0 Å². The Morgan fingerprint density at radius 3 is 2.00 bits per heavy atom. The molecule has 0 rings (SSSR count). The van der Waals surface area contributed by atoms with Crippen LogP contribution in [0, 0.1) is 0 Å². The molecule has 0 atom stereocenters. The highest BCUT2D eigenvalue weighted by atomic mass is 79.9. The molecule has 0 amide bonds. The molecule has 20 heavy (non-hydrogen) atoms. The monoisotopic (exact) mass is 351 g/mol. The Balaban J connectivity index is 0. The van der Waals surface area contributed by atoms with Crippen molar-refractivity contribution < 1.29 is 19.1 Å². The fourth-order valence-corrected chi connectivity index (χ4v) is 1.30. The van der Waals surface area contributed by atoms with Crippen LogP contribution in [0.2, 0.25) is 0 Å². The number of carbonyl (C=O) groups is 2. The van der Waals surface area contributed by atoms with E-state index in [1.165, 1.54) is 0 Å². The van der Waals surface area contributed by atoms with Gasteiger partial charge in [-0.1, -0.05) is 21.0 Å². The highest BCUT2D eigenvalue weighted by Crippen LogP contribution is 1.95. The number of hydrogen-bond acceptors (Lipinski definition) is 5. The summed E-state index contributed by atoms with van der Waals surface area (Å²) in [6.07, 6.45) is 2.27. The maximum atomic E-state index is 10.6. The number of nitrogens with zero attached hydrogens (tertiary/aromatic N) is 3. The quantitative estimate of drug-likeness (QED) is 0.159. The summed E-state index contributed by atoms with van der Waals surface area (Å²) in [6.45, 7) is 4.81. The summed E-state index contributed by atoms with van der Waals surface area (Å²) >= 11 is 3.22. The van der Waals surface area contributed by atoms with Crippen molar-refractivity contribution in [3.05, 3.63) is 10.4 Å². The number of ether oxygens (including phenoxy) is 2. The van der Waals surface area contributed by atoms with E-state index in [0.717, 1.165) is 11.8 Å². The normalized spacial score (nSPS) is 8.75. The van der Waals surface area contributed by atoms with Crippen molar-refractivity contribution in [1.82, 2.24) is 0 Å². The van der Waals surface area contributed by atoms with Crippen LogP contribution in [0.15, 0.2) is 5.11 Å². The van der Waals surface area contributed by atoms with E-state index in [0.29, 0.717) is 39.0 Å². The molecule has 0 radical (unpaired) electrons. The van der Waals surface area contributed by atoms with E-state index in [-0.39, 0.29) is 11.9 Å². The molecule has 0 heterocycles. The van der Waals surface area contributed by atoms with E-state index in [1.54, 1.807) is 6.92 Å². The molecule has 0 aliphatic rings. The Morgan fingerprint density at radius 1 is 1.10 bits per heavy atom. The summed E-state index contributed by atoms with van der Waals surface area (Å²) in [4.78, 5) is 23.8. The number of rotatable bonds is 9. The smallest absolute Gasteiger partial charge is 0.305 e. The van der Waals surface area contributed by atoms with E-state index in [1.807, 2.05) is 6.92 Å². The van der Waals surface area contributed by atoms with Crippen LogP contribution in [0.3, 0.4) is 0 Å². The van der Waals surface area contributed by atoms with E-state index >= 15 is 0 Å². The Morgan fingerprint density at radius 2 is 1.60 bits per heavy atom. The molecule has 0 aromatic carbocycles. The predicted molar refractivity (Wildman–Crippen MR) is 79.5 cm³/mol. The SMILES string of the molecule is CCOC(=O)CCCBr.CCOC(=O)CCCN=[N+]=[N-]. The molecule has 0 unspecified atom stereocenters. The molecular formula is C12H22BrN3O4. The maximum Gasteiger partial charge on any atom is 0.305 e. The van der Waals surface area contributed by atoms with Gasteiger partial charge in [-0.05, 0) is 32.2 Å². The first-order chi connectivity index (χ1) is 9.62. The van der Waals surface area contributed by atoms with Gasteiger partial charge in [-0.15, -0.1) is 0 Å². The molecule has 0 fully saturated rings. The second-order valence-electron chi connectivity index (χ2n) is 3.46. The van der Waals surface area contributed by atoms with Crippen molar-refractivity contribution in [3.8, 4) is 0 Å². The summed E-state index contributed by atoms with van der Waals surface area (Å²) < 4.78 is 9.33. The minimum atomic E-state index is -0.236. The van der Waals surface area contributed by atoms with Gasteiger partial charge >= 0.3 is 11.9 Å². The van der Waals surface area contributed by atoms with Crippen LogP contribution in [0.25, 0.3) is 10.4 Å². The van der Waals surface area contributed by atoms with Crippen LogP contribution in [-0.2, 0) is 19.1 Å². The molecule has 0 aromatic rings. The standard InChI is InChI=1S/C6H11BrO2.C6H11N3O2/c1-2-9-6(8)4-3-5-7;1-2-11-6(10)4-3-5-8-9-7/h2-5H2,1H3;2-5H2,1H3. The van der Waals surface area contributed by atoms with Crippen molar-refractivity contribution in [2.75, 3.05) is 25.1 Å². The molecule has 116 valence electrons. The highest BCUT2D eigenvalue weighted by Gasteiger charge is 1.99. The van der Waals surface area contributed by atoms with E-state index in [2.05, 4.69) is 35.4 Å². The van der Waals surface area contributed by atoms with Crippen molar-refractivity contribution >= 4 is 27.9 Å². The number of hydrogen-bond donors (Lipinski definition) is 0. The average molecular weight is 352 g/mol. The minimum absolute atomic E-state index is 0.100. The van der Waals surface area contributed by atoms with Gasteiger partial charge in [0.05, 0.1) is 13.2 Å². The predicted octanol–water partition coefficient (Wildman–Crippen LogP) is 3.36. The van der Waals surface area contributed by atoms with Crippen molar-refractivity contribution in [2.24, 2.45) is 5.11 Å². The van der Waals surface area contributed by atoms with Gasteiger partial charge in [0.25, 0.3) is 0 Å². The molecule has 0 aromatic heterocycles. The zero-order valence-corrected chi connectivity index (χ0v) is 13.6. The third kappa shape index (κ3) is 19.1. The lowest BCUT2D eigenvalue weighted by Crippen LogP contribution is -2.03. The lowest BCUT2D eigenvalue weighted by molar-refractivity contribution is -0.144. The molecule has 8 heteroatoms. The Kier molecular flexibility index (Phi) is 18.6. The zero-order valence-electron chi connectivity index (χ0n) is 12.0. The first kappa shape index (κ1) is 21.0. The summed E-state index contributed by atoms with van der Waals surface area (Å²) in [7, 11) is 0. The van der Waals surface area contributed by atoms with E-state index < -0.39 is 0 Å². The lowest BCUT2D eigenvalue weighted by Gasteiger charge is -1.98. The van der Waals surface area contributed by atoms with Gasteiger partial charge in [-0.3, -0.25) is 9.59 Å². The molecule has 0 spiro atoms. The van der Waals surface area contributed by atoms with E-state index in [4.69, 9.17) is 5.53 Å². The Labute approximate surface area is 127 Å². The van der Waals surface area contributed by atoms with Crippen LogP contribution in [0.1, 0.15) is 39.5 Å². The van der Waals surface area contributed by atoms with Crippen LogP contribution in [0.4, 0.5) is 0 Å². The number of carbonyl (C=O) groups excluding carboxylic acids is 2. The van der Waals surface area contributed by atoms with Gasteiger partial charge in [0.15, 0.2) is 0 Å². The van der Waals surface area contributed by atoms with Crippen molar-refractivity contribution in [3.63, 3.8) is 0 Å². The van der Waals surface area contributed by atoms with Gasteiger partial charge in [-0.25, -0.2) is 0 Å². The Bertz CT molecular complexity index is 307. The summed E-state index contributed by atoms with van der Waals surface area (Å²) in [5, 5.41) is 4.14. The molecular weight excluding hydrogens is 330 g/mol. The molecule has 0 aliphatic carbocycles. The first-order valence-corrected chi connectivity index (χ1v) is 7.62. The molecule has 7 nitrogen and oxygen atoms in total. The third-order valence-corrected chi connectivity index (χ3v) is 2.39. The summed E-state index contributed by atoms with van der Waals surface area (Å²) in [6, 6.07) is 0. The fraction of sp³-hybridized carbons (Fsp3) is 0.833. The molecule has 0 bridgehead atoms. The molecule has 0 aliphatic heterocycles. The Hall–Kier alpha value is -1.27. The largest absolute Gasteiger partial charge is 0.466 e. The van der Waals surface area contributed by atoms with Crippen LogP contribution in [0.5, 0.6) is 0 Å². The topological polar surface area (TPSA) is 101 Å². The van der Waals surface area contributed by atoms with Gasteiger partial charge in [-0.2, -0.15) is 0 Å². The summed E-state index contributed by atoms with van der Waals surface area (Å²) in [5.41, 5.74) is 7.88. The van der Waals surface area contributed by atoms with Crippen LogP contribution < -0.4 is 0 Å². The van der Waals surface area contributed by atoms with Crippen LogP contribution >= 0.6 is 15.9 Å². The van der Waals surface area contributed by atoms with Crippen LogP contribution in [-0.4, -0.2) is 37.0 Å². The second-order valence-corrected chi connectivity index (χ2v) is 4.25. The number of azide groups is 1. The molecule has 0 N–H and O–H groups in total. The van der Waals surface area contributed by atoms with Gasteiger partial charge in [0.2, 0.25) is 0 Å². The van der Waals surface area contributed by atoms with Crippen molar-refractivity contribution in [2.45, 2.75) is 39.5 Å².